The number of carbonyl (C=O) groups excluding carboxylic acids is 1. The van der Waals surface area contributed by atoms with E-state index >= 15 is 0 Å². The number of amides is 1. The molecule has 1 amide bonds. The van der Waals surface area contributed by atoms with E-state index in [1.807, 2.05) is 17.0 Å². The van der Waals surface area contributed by atoms with Gasteiger partial charge in [-0.2, -0.15) is 0 Å². The maximum absolute atomic E-state index is 12.2. The van der Waals surface area contributed by atoms with Crippen LogP contribution in [0, 0.1) is 0 Å². The van der Waals surface area contributed by atoms with Crippen LogP contribution in [0.25, 0.3) is 11.0 Å². The Kier molecular flexibility index (Phi) is 3.44. The third-order valence-corrected chi connectivity index (χ3v) is 3.56. The predicted octanol–water partition coefficient (Wildman–Crippen LogP) is 2.49. The van der Waals surface area contributed by atoms with E-state index in [1.54, 1.807) is 12.3 Å². The summed E-state index contributed by atoms with van der Waals surface area (Å²) >= 11 is 5.98. The summed E-state index contributed by atoms with van der Waals surface area (Å²) in [6.45, 7) is 2.55. The van der Waals surface area contributed by atoms with Crippen LogP contribution in [0.4, 0.5) is 0 Å². The number of morpholine rings is 1. The Morgan fingerprint density at radius 2 is 2.11 bits per heavy atom. The molecule has 5 heteroatoms. The average Bonchev–Trinajstić information content (AvgIpc) is 2.82. The summed E-state index contributed by atoms with van der Waals surface area (Å²) in [7, 11) is 0. The summed E-state index contributed by atoms with van der Waals surface area (Å²) in [5.74, 6) is 0.103. The van der Waals surface area contributed by atoms with Crippen molar-refractivity contribution in [1.29, 1.82) is 0 Å². The van der Waals surface area contributed by atoms with Crippen molar-refractivity contribution < 1.29 is 13.9 Å². The van der Waals surface area contributed by atoms with Gasteiger partial charge in [0.25, 0.3) is 0 Å². The molecule has 19 heavy (non-hydrogen) atoms. The van der Waals surface area contributed by atoms with Crippen LogP contribution in [0.5, 0.6) is 0 Å². The second-order valence-electron chi connectivity index (χ2n) is 4.57. The second kappa shape index (κ2) is 5.23. The molecule has 0 atom stereocenters. The molecule has 100 valence electrons. The van der Waals surface area contributed by atoms with Gasteiger partial charge in [0, 0.05) is 29.1 Å². The first kappa shape index (κ1) is 12.5. The quantitative estimate of drug-likeness (QED) is 0.848. The van der Waals surface area contributed by atoms with Crippen LogP contribution in [0.3, 0.4) is 0 Å². The fourth-order valence-corrected chi connectivity index (χ4v) is 2.45. The molecule has 0 N–H and O–H groups in total. The molecule has 1 aromatic carbocycles. The summed E-state index contributed by atoms with van der Waals surface area (Å²) in [6, 6.07) is 5.43. The van der Waals surface area contributed by atoms with E-state index < -0.39 is 0 Å². The highest BCUT2D eigenvalue weighted by Gasteiger charge is 2.19. The number of rotatable bonds is 2. The number of nitrogens with zero attached hydrogens (tertiary/aromatic N) is 1. The van der Waals surface area contributed by atoms with Crippen LogP contribution in [0.15, 0.2) is 28.9 Å². The van der Waals surface area contributed by atoms with Crippen molar-refractivity contribution in [3.05, 3.63) is 35.0 Å². The Morgan fingerprint density at radius 1 is 1.32 bits per heavy atom. The molecule has 2 aromatic rings. The molecule has 1 aromatic heterocycles. The van der Waals surface area contributed by atoms with Crippen molar-refractivity contribution in [2.45, 2.75) is 6.42 Å². The Balaban J connectivity index is 1.80. The average molecular weight is 280 g/mol. The Hall–Kier alpha value is -1.52. The number of furan rings is 1. The molecule has 1 saturated heterocycles. The number of hydrogen-bond donors (Lipinski definition) is 0. The number of benzene rings is 1. The molecule has 1 aliphatic rings. The van der Waals surface area contributed by atoms with E-state index in [-0.39, 0.29) is 5.91 Å². The van der Waals surface area contributed by atoms with Crippen LogP contribution in [0.2, 0.25) is 5.02 Å². The summed E-state index contributed by atoms with van der Waals surface area (Å²) < 4.78 is 10.7. The molecule has 0 aliphatic carbocycles. The van der Waals surface area contributed by atoms with Crippen molar-refractivity contribution in [2.75, 3.05) is 26.3 Å². The minimum atomic E-state index is 0.103. The predicted molar refractivity (Wildman–Crippen MR) is 72.3 cm³/mol. The zero-order valence-corrected chi connectivity index (χ0v) is 11.2. The van der Waals surface area contributed by atoms with Gasteiger partial charge >= 0.3 is 0 Å². The minimum Gasteiger partial charge on any atom is -0.464 e. The van der Waals surface area contributed by atoms with Gasteiger partial charge in [-0.25, -0.2) is 0 Å². The van der Waals surface area contributed by atoms with E-state index in [0.717, 1.165) is 16.5 Å². The van der Waals surface area contributed by atoms with Crippen molar-refractivity contribution in [1.82, 2.24) is 4.90 Å². The van der Waals surface area contributed by atoms with Crippen molar-refractivity contribution in [2.24, 2.45) is 0 Å². The van der Waals surface area contributed by atoms with E-state index in [4.69, 9.17) is 20.8 Å². The molecule has 0 saturated carbocycles. The van der Waals surface area contributed by atoms with Crippen LogP contribution in [-0.4, -0.2) is 37.1 Å². The van der Waals surface area contributed by atoms with Gasteiger partial charge in [-0.15, -0.1) is 0 Å². The second-order valence-corrected chi connectivity index (χ2v) is 5.01. The molecule has 0 unspecified atom stereocenters. The lowest BCUT2D eigenvalue weighted by atomic mass is 10.1. The molecule has 0 spiro atoms. The number of halogens is 1. The highest BCUT2D eigenvalue weighted by Crippen LogP contribution is 2.25. The van der Waals surface area contributed by atoms with E-state index in [2.05, 4.69) is 0 Å². The third-order valence-electron chi connectivity index (χ3n) is 3.32. The first-order valence-corrected chi connectivity index (χ1v) is 6.63. The molecule has 2 heterocycles. The maximum Gasteiger partial charge on any atom is 0.227 e. The molecule has 0 bridgehead atoms. The molecule has 1 fully saturated rings. The normalized spacial score (nSPS) is 15.9. The monoisotopic (exact) mass is 279 g/mol. The number of carbonyl (C=O) groups is 1. The van der Waals surface area contributed by atoms with Gasteiger partial charge in [-0.05, 0) is 18.2 Å². The SMILES string of the molecule is O=C(Cc1coc2ccc(Cl)cc12)N1CCOCC1. The summed E-state index contributed by atoms with van der Waals surface area (Å²) in [6.07, 6.45) is 1.98. The molecule has 0 radical (unpaired) electrons. The Morgan fingerprint density at radius 3 is 2.89 bits per heavy atom. The summed E-state index contributed by atoms with van der Waals surface area (Å²) in [4.78, 5) is 14.0. The minimum absolute atomic E-state index is 0.103. The Bertz CT molecular complexity index is 602. The molecular weight excluding hydrogens is 266 g/mol. The van der Waals surface area contributed by atoms with E-state index in [9.17, 15) is 4.79 Å². The van der Waals surface area contributed by atoms with Crippen LogP contribution in [0.1, 0.15) is 5.56 Å². The van der Waals surface area contributed by atoms with Gasteiger partial charge in [0.15, 0.2) is 0 Å². The highest BCUT2D eigenvalue weighted by molar-refractivity contribution is 6.31. The molecule has 3 rings (SSSR count). The van der Waals surface area contributed by atoms with Gasteiger partial charge in [-0.3, -0.25) is 4.79 Å². The zero-order valence-electron chi connectivity index (χ0n) is 10.4. The van der Waals surface area contributed by atoms with E-state index in [0.29, 0.717) is 37.7 Å². The maximum atomic E-state index is 12.2. The lowest BCUT2D eigenvalue weighted by Crippen LogP contribution is -2.41. The zero-order chi connectivity index (χ0) is 13.2. The first-order valence-electron chi connectivity index (χ1n) is 6.25. The van der Waals surface area contributed by atoms with E-state index in [1.165, 1.54) is 0 Å². The van der Waals surface area contributed by atoms with Gasteiger partial charge < -0.3 is 14.1 Å². The van der Waals surface area contributed by atoms with Crippen LogP contribution in [-0.2, 0) is 16.0 Å². The Labute approximate surface area is 115 Å². The number of ether oxygens (including phenoxy) is 1. The third kappa shape index (κ3) is 2.60. The van der Waals surface area contributed by atoms with Gasteiger partial charge in [0.05, 0.1) is 25.9 Å². The van der Waals surface area contributed by atoms with Crippen molar-refractivity contribution in [3.8, 4) is 0 Å². The molecule has 1 aliphatic heterocycles. The standard InChI is InChI=1S/C14H14ClNO3/c15-11-1-2-13-12(8-11)10(9-19-13)7-14(17)16-3-5-18-6-4-16/h1-2,8-9H,3-7H2. The fourth-order valence-electron chi connectivity index (χ4n) is 2.28. The fraction of sp³-hybridized carbons (Fsp3) is 0.357. The lowest BCUT2D eigenvalue weighted by molar-refractivity contribution is -0.134. The number of fused-ring (bicyclic) bond motifs is 1. The first-order chi connectivity index (χ1) is 9.24. The number of hydrogen-bond acceptors (Lipinski definition) is 3. The van der Waals surface area contributed by atoms with Crippen molar-refractivity contribution in [3.63, 3.8) is 0 Å². The lowest BCUT2D eigenvalue weighted by Gasteiger charge is -2.26. The molecule has 4 nitrogen and oxygen atoms in total. The summed E-state index contributed by atoms with van der Waals surface area (Å²) in [5, 5.41) is 1.56. The van der Waals surface area contributed by atoms with Gasteiger partial charge in [-0.1, -0.05) is 11.6 Å². The van der Waals surface area contributed by atoms with Gasteiger partial charge in [0.1, 0.15) is 5.58 Å². The highest BCUT2D eigenvalue weighted by atomic mass is 35.5. The van der Waals surface area contributed by atoms with Crippen LogP contribution >= 0.6 is 11.6 Å². The summed E-state index contributed by atoms with van der Waals surface area (Å²) in [5.41, 5.74) is 1.64. The van der Waals surface area contributed by atoms with Crippen molar-refractivity contribution >= 4 is 28.5 Å². The largest absolute Gasteiger partial charge is 0.464 e. The topological polar surface area (TPSA) is 42.7 Å². The smallest absolute Gasteiger partial charge is 0.227 e. The van der Waals surface area contributed by atoms with Crippen LogP contribution < -0.4 is 0 Å². The van der Waals surface area contributed by atoms with Gasteiger partial charge in [0.2, 0.25) is 5.91 Å². The molecular formula is C14H14ClNO3.